The molecule has 228 valence electrons. The van der Waals surface area contributed by atoms with Crippen LogP contribution in [0.3, 0.4) is 0 Å². The molecule has 1 aromatic rings. The quantitative estimate of drug-likeness (QED) is 0.123. The number of amides is 1. The third-order valence-corrected chi connectivity index (χ3v) is 8.33. The second kappa shape index (κ2) is 10.7. The Hall–Kier alpha value is -4.01. The zero-order valence-electron chi connectivity index (χ0n) is 23.6. The van der Waals surface area contributed by atoms with E-state index in [0.29, 0.717) is 0 Å². The first-order valence-electron chi connectivity index (χ1n) is 13.3. The number of nitrogens with two attached hydrogens (primary N) is 2. The van der Waals surface area contributed by atoms with Gasteiger partial charge in [0.15, 0.2) is 11.4 Å². The van der Waals surface area contributed by atoms with E-state index in [0.717, 1.165) is 0 Å². The number of phenols is 1. The second-order valence-corrected chi connectivity index (χ2v) is 11.8. The van der Waals surface area contributed by atoms with Crippen LogP contribution in [-0.2, 0) is 32.1 Å². The number of aliphatic carboxylic acids is 1. The topological polar surface area (TPSA) is 228 Å². The van der Waals surface area contributed by atoms with Crippen molar-refractivity contribution < 1.29 is 49.1 Å². The maximum Gasteiger partial charge on any atom is 0.317 e. The molecule has 0 radical (unpaired) electrons. The van der Waals surface area contributed by atoms with Crippen molar-refractivity contribution in [2.45, 2.75) is 44.9 Å². The standard InChI is InChI=1S/C28H35FN4O9/c1-10(2)7-33(9-15(34)35)8-13-19(29)12-5-11-6-14-21(32(3)4)24(38)18(27(31)41)26(40)28(14,42)25(39)16(11)22(36)17(12)23(37)20(13)30/h10-11,14,21,36-37,40,42H,5-9,30H2,1-4H3,(H2,31,41)(H,34,35)/t11-,14-,21-,28-/m0/s1. The number of ketones is 2. The van der Waals surface area contributed by atoms with Gasteiger partial charge in [0.1, 0.15) is 28.7 Å². The molecule has 0 heterocycles. The Bertz CT molecular complexity index is 1470. The summed E-state index contributed by atoms with van der Waals surface area (Å²) in [5.41, 5.74) is 5.89. The molecule has 3 aliphatic rings. The van der Waals surface area contributed by atoms with Gasteiger partial charge in [-0.2, -0.15) is 0 Å². The SMILES string of the molecule is CC(C)CN(CC(=O)O)Cc1c(N)c(O)c2c(c1F)C[C@H]1C[C@H]3[C@H](N(C)C)C(=O)C(C(N)=O)=C(O)[C@@]3(O)C(=O)C1=C2O. The van der Waals surface area contributed by atoms with Gasteiger partial charge in [0.2, 0.25) is 5.78 Å². The number of hydrogen-bond donors (Lipinski definition) is 7. The van der Waals surface area contributed by atoms with E-state index in [4.69, 9.17) is 11.5 Å². The van der Waals surface area contributed by atoms with Crippen molar-refractivity contribution in [1.82, 2.24) is 9.80 Å². The number of carbonyl (C=O) groups excluding carboxylic acids is 3. The summed E-state index contributed by atoms with van der Waals surface area (Å²) in [6.07, 6.45) is -0.464. The molecular formula is C28H35FN4O9. The van der Waals surface area contributed by atoms with Gasteiger partial charge in [0.25, 0.3) is 5.91 Å². The van der Waals surface area contributed by atoms with E-state index in [2.05, 4.69) is 0 Å². The van der Waals surface area contributed by atoms with Gasteiger partial charge in [0.05, 0.1) is 23.8 Å². The van der Waals surface area contributed by atoms with E-state index >= 15 is 4.39 Å². The third kappa shape index (κ3) is 4.59. The van der Waals surface area contributed by atoms with Crippen LogP contribution in [0.25, 0.3) is 5.76 Å². The molecule has 1 fully saturated rings. The largest absolute Gasteiger partial charge is 0.508 e. The highest BCUT2D eigenvalue weighted by molar-refractivity contribution is 6.24. The van der Waals surface area contributed by atoms with Crippen molar-refractivity contribution in [3.63, 3.8) is 0 Å². The number of anilines is 1. The predicted octanol–water partition coefficient (Wildman–Crippen LogP) is 0.228. The molecule has 13 nitrogen and oxygen atoms in total. The lowest BCUT2D eigenvalue weighted by atomic mass is 9.57. The summed E-state index contributed by atoms with van der Waals surface area (Å²) in [4.78, 5) is 53.4. The highest BCUT2D eigenvalue weighted by atomic mass is 19.1. The van der Waals surface area contributed by atoms with Crippen LogP contribution >= 0.6 is 0 Å². The summed E-state index contributed by atoms with van der Waals surface area (Å²) in [6.45, 7) is 3.28. The van der Waals surface area contributed by atoms with E-state index < -0.39 is 98.9 Å². The number of rotatable bonds is 8. The Morgan fingerprint density at radius 3 is 2.31 bits per heavy atom. The van der Waals surface area contributed by atoms with Crippen LogP contribution in [0, 0.1) is 23.6 Å². The van der Waals surface area contributed by atoms with E-state index in [-0.39, 0.29) is 43.0 Å². The summed E-state index contributed by atoms with van der Waals surface area (Å²) in [6, 6.07) is -1.27. The molecule has 0 bridgehead atoms. The number of halogens is 1. The minimum absolute atomic E-state index is 0.0183. The minimum Gasteiger partial charge on any atom is -0.508 e. The molecule has 3 aliphatic carbocycles. The number of phenolic OH excluding ortho intramolecular Hbond substituents is 1. The average Bonchev–Trinajstić information content (AvgIpc) is 2.86. The third-order valence-electron chi connectivity index (χ3n) is 8.33. The van der Waals surface area contributed by atoms with E-state index in [9.17, 15) is 44.7 Å². The number of aliphatic hydroxyl groups excluding tert-OH is 2. The molecule has 0 unspecified atom stereocenters. The van der Waals surface area contributed by atoms with Gasteiger partial charge in [-0.3, -0.25) is 29.0 Å². The molecule has 42 heavy (non-hydrogen) atoms. The van der Waals surface area contributed by atoms with Crippen LogP contribution in [-0.4, -0.2) is 97.6 Å². The normalized spacial score (nSPS) is 25.7. The number of nitrogen functional groups attached to an aromatic ring is 1. The number of Topliss-reactive ketones (excluding diaryl/α,β-unsaturated/α-hetero) is 2. The van der Waals surface area contributed by atoms with Crippen molar-refractivity contribution in [1.29, 1.82) is 0 Å². The molecule has 4 rings (SSSR count). The molecule has 1 amide bonds. The number of nitrogens with zero attached hydrogens (tertiary/aromatic N) is 2. The highest BCUT2D eigenvalue weighted by Crippen LogP contribution is 2.54. The Morgan fingerprint density at radius 2 is 1.79 bits per heavy atom. The number of aliphatic hydroxyl groups is 3. The van der Waals surface area contributed by atoms with Gasteiger partial charge in [-0.15, -0.1) is 0 Å². The number of hydrogen-bond acceptors (Lipinski definition) is 11. The first-order valence-corrected chi connectivity index (χ1v) is 13.3. The number of benzene rings is 1. The van der Waals surface area contributed by atoms with Crippen molar-refractivity contribution >= 4 is 34.9 Å². The van der Waals surface area contributed by atoms with Gasteiger partial charge >= 0.3 is 5.97 Å². The number of carboxylic acids is 1. The zero-order chi connectivity index (χ0) is 31.6. The van der Waals surface area contributed by atoms with Gasteiger partial charge in [-0.1, -0.05) is 13.8 Å². The molecule has 9 N–H and O–H groups in total. The summed E-state index contributed by atoms with van der Waals surface area (Å²) in [5, 5.41) is 54.2. The number of likely N-dealkylation sites (N-methyl/N-ethyl adjacent to an activating group) is 1. The summed E-state index contributed by atoms with van der Waals surface area (Å²) >= 11 is 0. The Morgan fingerprint density at radius 1 is 1.17 bits per heavy atom. The van der Waals surface area contributed by atoms with E-state index in [1.807, 2.05) is 13.8 Å². The van der Waals surface area contributed by atoms with Gasteiger partial charge in [-0.25, -0.2) is 4.39 Å². The number of carbonyl (C=O) groups is 4. The molecular weight excluding hydrogens is 555 g/mol. The Labute approximate surface area is 240 Å². The molecule has 1 saturated carbocycles. The number of fused-ring (bicyclic) bond motifs is 3. The summed E-state index contributed by atoms with van der Waals surface area (Å²) in [5.74, 6) is -10.6. The van der Waals surface area contributed by atoms with Crippen LogP contribution in [0.15, 0.2) is 16.9 Å². The second-order valence-electron chi connectivity index (χ2n) is 11.8. The monoisotopic (exact) mass is 590 g/mol. The number of carboxylic acid groups (broad SMARTS) is 1. The first kappa shape index (κ1) is 30.9. The van der Waals surface area contributed by atoms with Crippen LogP contribution in [0.1, 0.15) is 37.0 Å². The van der Waals surface area contributed by atoms with E-state index in [1.165, 1.54) is 23.9 Å². The maximum atomic E-state index is 16.1. The molecule has 1 aromatic carbocycles. The van der Waals surface area contributed by atoms with Gasteiger partial charge in [-0.05, 0) is 38.8 Å². The van der Waals surface area contributed by atoms with Crippen LogP contribution < -0.4 is 11.5 Å². The first-order chi connectivity index (χ1) is 19.4. The van der Waals surface area contributed by atoms with Crippen molar-refractivity contribution in [3.05, 3.63) is 39.4 Å². The fourth-order valence-electron chi connectivity index (χ4n) is 6.68. The van der Waals surface area contributed by atoms with Crippen molar-refractivity contribution in [3.8, 4) is 5.75 Å². The zero-order valence-corrected chi connectivity index (χ0v) is 23.6. The van der Waals surface area contributed by atoms with Crippen LogP contribution in [0.2, 0.25) is 0 Å². The molecule has 0 saturated heterocycles. The van der Waals surface area contributed by atoms with Gasteiger partial charge < -0.3 is 37.0 Å². The van der Waals surface area contributed by atoms with Gasteiger partial charge in [0, 0.05) is 35.7 Å². The summed E-state index contributed by atoms with van der Waals surface area (Å²) < 4.78 is 16.1. The van der Waals surface area contributed by atoms with Crippen LogP contribution in [0.4, 0.5) is 10.1 Å². The number of aromatic hydroxyl groups is 1. The lowest BCUT2D eigenvalue weighted by Gasteiger charge is -2.50. The molecule has 0 aliphatic heterocycles. The summed E-state index contributed by atoms with van der Waals surface area (Å²) in [7, 11) is 2.94. The molecule has 0 aromatic heterocycles. The maximum absolute atomic E-state index is 16.1. The molecule has 0 spiro atoms. The highest BCUT2D eigenvalue weighted by Gasteiger charge is 2.64. The number of primary amides is 1. The lowest BCUT2D eigenvalue weighted by molar-refractivity contribution is -0.153. The molecule has 14 heteroatoms. The fraction of sp³-hybridized carbons (Fsp3) is 0.500. The Balaban J connectivity index is 1.90. The molecule has 4 atom stereocenters. The Kier molecular flexibility index (Phi) is 7.86. The average molecular weight is 591 g/mol. The smallest absolute Gasteiger partial charge is 0.317 e. The van der Waals surface area contributed by atoms with Crippen LogP contribution in [0.5, 0.6) is 5.75 Å². The van der Waals surface area contributed by atoms with Crippen molar-refractivity contribution in [2.75, 3.05) is 32.9 Å². The lowest BCUT2D eigenvalue weighted by Crippen LogP contribution is -2.65. The predicted molar refractivity (Wildman–Crippen MR) is 146 cm³/mol. The minimum atomic E-state index is -2.82. The van der Waals surface area contributed by atoms with Crippen molar-refractivity contribution in [2.24, 2.45) is 23.5 Å². The van der Waals surface area contributed by atoms with E-state index in [1.54, 1.807) is 0 Å². The fourth-order valence-corrected chi connectivity index (χ4v) is 6.68.